The van der Waals surface area contributed by atoms with Crippen molar-refractivity contribution in [1.82, 2.24) is 24.7 Å². The molecule has 4 heterocycles. The second-order valence-corrected chi connectivity index (χ2v) is 9.49. The first kappa shape index (κ1) is 24.9. The average molecular weight is 482 g/mol. The first-order valence-electron chi connectivity index (χ1n) is 12.3. The van der Waals surface area contributed by atoms with Gasteiger partial charge in [0.2, 0.25) is 0 Å². The Morgan fingerprint density at radius 3 is 2.63 bits per heavy atom. The molecule has 3 aromatic heterocycles. The van der Waals surface area contributed by atoms with Crippen LogP contribution in [0.3, 0.4) is 0 Å². The minimum Gasteiger partial charge on any atom is -0.383 e. The molecular weight excluding hydrogens is 446 g/mol. The monoisotopic (exact) mass is 481 g/mol. The van der Waals surface area contributed by atoms with Crippen molar-refractivity contribution in [1.29, 1.82) is 0 Å². The van der Waals surface area contributed by atoms with Gasteiger partial charge < -0.3 is 21.1 Å². The van der Waals surface area contributed by atoms with E-state index in [1.807, 2.05) is 23.1 Å². The minimum atomic E-state index is -1.19. The van der Waals surface area contributed by atoms with E-state index in [2.05, 4.69) is 36.3 Å². The molecule has 2 amide bonds. The zero-order valence-corrected chi connectivity index (χ0v) is 20.8. The van der Waals surface area contributed by atoms with Gasteiger partial charge in [0, 0.05) is 35.6 Å². The van der Waals surface area contributed by atoms with E-state index < -0.39 is 17.9 Å². The zero-order chi connectivity index (χ0) is 25.3. The number of fused-ring (bicyclic) bond motifs is 1. The van der Waals surface area contributed by atoms with Crippen molar-refractivity contribution in [3.63, 3.8) is 0 Å². The molecule has 4 N–H and O–H groups in total. The van der Waals surface area contributed by atoms with Crippen LogP contribution in [0.25, 0.3) is 16.6 Å². The van der Waals surface area contributed by atoms with Gasteiger partial charge in [0.1, 0.15) is 6.10 Å². The van der Waals surface area contributed by atoms with Gasteiger partial charge in [-0.15, -0.1) is 0 Å². The molecular formula is C25H35N7O3. The van der Waals surface area contributed by atoms with Gasteiger partial charge in [-0.2, -0.15) is 10.2 Å². The molecule has 1 saturated heterocycles. The van der Waals surface area contributed by atoms with Gasteiger partial charge in [-0.05, 0) is 51.8 Å². The first-order valence-corrected chi connectivity index (χ1v) is 12.3. The van der Waals surface area contributed by atoms with E-state index >= 15 is 0 Å². The highest BCUT2D eigenvalue weighted by Crippen LogP contribution is 2.36. The van der Waals surface area contributed by atoms with Crippen LogP contribution in [0.4, 0.5) is 5.69 Å². The number of carbonyl (C=O) groups excluding carboxylic acids is 2. The molecule has 0 aliphatic carbocycles. The van der Waals surface area contributed by atoms with Crippen molar-refractivity contribution >= 4 is 23.0 Å². The third-order valence-electron chi connectivity index (χ3n) is 6.91. The summed E-state index contributed by atoms with van der Waals surface area (Å²) in [4.78, 5) is 27.9. The number of hydrogen-bond acceptors (Lipinski definition) is 6. The van der Waals surface area contributed by atoms with Crippen molar-refractivity contribution < 1.29 is 14.7 Å². The Bertz CT molecular complexity index is 1220. The van der Waals surface area contributed by atoms with Gasteiger partial charge >= 0.3 is 0 Å². The fourth-order valence-corrected chi connectivity index (χ4v) is 4.84. The van der Waals surface area contributed by atoms with Gasteiger partial charge in [0.05, 0.1) is 29.2 Å². The van der Waals surface area contributed by atoms with E-state index in [1.54, 1.807) is 22.5 Å². The van der Waals surface area contributed by atoms with E-state index in [1.165, 1.54) is 6.20 Å². The molecule has 4 rings (SSSR count). The van der Waals surface area contributed by atoms with E-state index in [0.717, 1.165) is 30.6 Å². The molecule has 1 aliphatic heterocycles. The molecule has 35 heavy (non-hydrogen) atoms. The molecule has 0 radical (unpaired) electrons. The summed E-state index contributed by atoms with van der Waals surface area (Å²) in [5.74, 6) is -0.940. The van der Waals surface area contributed by atoms with Crippen molar-refractivity contribution in [2.24, 2.45) is 11.7 Å². The SMILES string of the molecule is CC[C@@H]1CNCC[C@H]1N(C(=O)[C@@H](O)CC)c1c(C(N)=O)cnn2cc(-c3cnn(C(C)C)c3)cc12. The van der Waals surface area contributed by atoms with Gasteiger partial charge in [-0.25, -0.2) is 4.52 Å². The predicted molar refractivity (Wildman–Crippen MR) is 134 cm³/mol. The number of anilines is 1. The summed E-state index contributed by atoms with van der Waals surface area (Å²) < 4.78 is 3.53. The highest BCUT2D eigenvalue weighted by Gasteiger charge is 2.38. The molecule has 3 atom stereocenters. The largest absolute Gasteiger partial charge is 0.383 e. The summed E-state index contributed by atoms with van der Waals surface area (Å²) in [6.07, 6.45) is 7.63. The molecule has 1 aliphatic rings. The Kier molecular flexibility index (Phi) is 7.23. The number of nitrogens with zero attached hydrogens (tertiary/aromatic N) is 5. The van der Waals surface area contributed by atoms with Gasteiger partial charge in [0.25, 0.3) is 11.8 Å². The standard InChI is InChI=1S/C25H35N7O3/c1-5-16-10-27-8-7-20(16)32(25(35)22(33)6-2)23-19(24(26)34)12-29-31-13-17(9-21(23)31)18-11-28-30(14-18)15(3)4/h9,11-16,20,22,27,33H,5-8,10H2,1-4H3,(H2,26,34)/t16-,20-,22+/m1/s1. The lowest BCUT2D eigenvalue weighted by molar-refractivity contribution is -0.127. The van der Waals surface area contributed by atoms with Crippen LogP contribution in [0, 0.1) is 5.92 Å². The third kappa shape index (κ3) is 4.68. The average Bonchev–Trinajstić information content (AvgIpc) is 3.51. The summed E-state index contributed by atoms with van der Waals surface area (Å²) in [6, 6.07) is 1.92. The van der Waals surface area contributed by atoms with E-state index in [9.17, 15) is 14.7 Å². The maximum Gasteiger partial charge on any atom is 0.256 e. The number of hydrogen-bond donors (Lipinski definition) is 3. The number of nitrogens with two attached hydrogens (primary N) is 1. The molecule has 0 spiro atoms. The van der Waals surface area contributed by atoms with Gasteiger partial charge in [0.15, 0.2) is 0 Å². The summed E-state index contributed by atoms with van der Waals surface area (Å²) in [5, 5.41) is 22.9. The lowest BCUT2D eigenvalue weighted by Gasteiger charge is -2.41. The van der Waals surface area contributed by atoms with Crippen LogP contribution in [-0.2, 0) is 4.79 Å². The maximum absolute atomic E-state index is 13.7. The molecule has 10 heteroatoms. The van der Waals surface area contributed by atoms with Crippen LogP contribution < -0.4 is 16.0 Å². The van der Waals surface area contributed by atoms with Crippen LogP contribution >= 0.6 is 0 Å². The summed E-state index contributed by atoms with van der Waals surface area (Å²) in [6.45, 7) is 9.44. The number of amides is 2. The van der Waals surface area contributed by atoms with Crippen molar-refractivity contribution in [3.8, 4) is 11.1 Å². The number of aliphatic hydroxyl groups excluding tert-OH is 1. The topological polar surface area (TPSA) is 131 Å². The van der Waals surface area contributed by atoms with Crippen molar-refractivity contribution in [3.05, 3.63) is 36.4 Å². The fraction of sp³-hybridized carbons (Fsp3) is 0.520. The van der Waals surface area contributed by atoms with E-state index in [4.69, 9.17) is 5.73 Å². The number of primary amides is 1. The number of nitrogens with one attached hydrogen (secondary N) is 1. The van der Waals surface area contributed by atoms with Gasteiger partial charge in [-0.3, -0.25) is 14.3 Å². The Morgan fingerprint density at radius 2 is 2.00 bits per heavy atom. The van der Waals surface area contributed by atoms with Crippen LogP contribution in [0.5, 0.6) is 0 Å². The molecule has 0 aromatic carbocycles. The predicted octanol–water partition coefficient (Wildman–Crippen LogP) is 2.37. The fourth-order valence-electron chi connectivity index (χ4n) is 4.84. The lowest BCUT2D eigenvalue weighted by Crippen LogP contribution is -2.55. The summed E-state index contributed by atoms with van der Waals surface area (Å²) >= 11 is 0. The summed E-state index contributed by atoms with van der Waals surface area (Å²) in [7, 11) is 0. The number of piperidine rings is 1. The van der Waals surface area contributed by atoms with E-state index in [0.29, 0.717) is 17.6 Å². The number of carbonyl (C=O) groups is 2. The van der Waals surface area contributed by atoms with Crippen LogP contribution in [0.15, 0.2) is 30.9 Å². The normalized spacial score (nSPS) is 19.3. The highest BCUT2D eigenvalue weighted by atomic mass is 16.3. The van der Waals surface area contributed by atoms with Crippen molar-refractivity contribution in [2.45, 2.75) is 65.1 Å². The molecule has 3 aromatic rings. The van der Waals surface area contributed by atoms with Crippen molar-refractivity contribution in [2.75, 3.05) is 18.0 Å². The Balaban J connectivity index is 1.94. The molecule has 188 valence electrons. The molecule has 1 fully saturated rings. The molecule has 0 unspecified atom stereocenters. The number of aliphatic hydroxyl groups is 1. The lowest BCUT2D eigenvalue weighted by atomic mass is 9.88. The number of rotatable bonds is 8. The first-order chi connectivity index (χ1) is 16.8. The minimum absolute atomic E-state index is 0.157. The molecule has 0 bridgehead atoms. The smallest absolute Gasteiger partial charge is 0.256 e. The maximum atomic E-state index is 13.7. The Hall–Kier alpha value is -3.24. The molecule has 10 nitrogen and oxygen atoms in total. The van der Waals surface area contributed by atoms with Crippen LogP contribution in [-0.4, -0.2) is 61.6 Å². The second kappa shape index (κ2) is 10.2. The second-order valence-electron chi connectivity index (χ2n) is 9.49. The Morgan fingerprint density at radius 1 is 1.23 bits per heavy atom. The zero-order valence-electron chi connectivity index (χ0n) is 20.8. The van der Waals surface area contributed by atoms with E-state index in [-0.39, 0.29) is 30.0 Å². The highest BCUT2D eigenvalue weighted by molar-refractivity contribution is 6.09. The van der Waals surface area contributed by atoms with Crippen LogP contribution in [0.1, 0.15) is 63.4 Å². The molecule has 0 saturated carbocycles. The Labute approximate surface area is 205 Å². The van der Waals surface area contributed by atoms with Gasteiger partial charge in [-0.1, -0.05) is 20.3 Å². The number of aromatic nitrogens is 4. The summed E-state index contributed by atoms with van der Waals surface area (Å²) in [5.41, 5.74) is 8.68. The quantitative estimate of drug-likeness (QED) is 0.453. The van der Waals surface area contributed by atoms with Crippen LogP contribution in [0.2, 0.25) is 0 Å². The third-order valence-corrected chi connectivity index (χ3v) is 6.91.